The van der Waals surface area contributed by atoms with Gasteiger partial charge in [-0.3, -0.25) is 4.79 Å². The molecule has 6 heteroatoms. The van der Waals surface area contributed by atoms with E-state index < -0.39 is 11.9 Å². The van der Waals surface area contributed by atoms with E-state index in [4.69, 9.17) is 16.3 Å². The number of halogens is 1. The van der Waals surface area contributed by atoms with E-state index in [9.17, 15) is 14.7 Å². The number of methoxy groups -OCH3 is 1. The standard InChI is InChI=1S/C17H14ClNO4/c1-23-15-9-5-2-6-11(15)10-14(17(21)22)19-16(20)12-7-3-4-8-13(12)18/h2-10H,1H3,(H,19,20)(H,21,22)/p-1/b14-10-. The van der Waals surface area contributed by atoms with Crippen molar-refractivity contribution in [2.45, 2.75) is 0 Å². The smallest absolute Gasteiger partial charge is 0.257 e. The number of rotatable bonds is 5. The lowest BCUT2D eigenvalue weighted by Gasteiger charge is -2.13. The van der Waals surface area contributed by atoms with Crippen LogP contribution in [0.3, 0.4) is 0 Å². The first-order valence-corrected chi connectivity index (χ1v) is 7.02. The molecule has 0 fully saturated rings. The molecule has 0 aliphatic rings. The third kappa shape index (κ3) is 4.11. The summed E-state index contributed by atoms with van der Waals surface area (Å²) in [7, 11) is 1.47. The van der Waals surface area contributed by atoms with E-state index in [0.717, 1.165) is 0 Å². The van der Waals surface area contributed by atoms with Gasteiger partial charge in [0, 0.05) is 5.56 Å². The molecule has 0 saturated carbocycles. The molecule has 23 heavy (non-hydrogen) atoms. The topological polar surface area (TPSA) is 78.5 Å². The molecule has 0 aromatic heterocycles. The summed E-state index contributed by atoms with van der Waals surface area (Å²) >= 11 is 5.93. The maximum Gasteiger partial charge on any atom is 0.257 e. The fraction of sp³-hybridized carbons (Fsp3) is 0.0588. The summed E-state index contributed by atoms with van der Waals surface area (Å²) in [6.07, 6.45) is 1.27. The average Bonchev–Trinajstić information content (AvgIpc) is 2.54. The second-order valence-electron chi connectivity index (χ2n) is 4.52. The van der Waals surface area contributed by atoms with Crippen LogP contribution >= 0.6 is 11.6 Å². The summed E-state index contributed by atoms with van der Waals surface area (Å²) in [6, 6.07) is 13.1. The predicted octanol–water partition coefficient (Wildman–Crippen LogP) is 1.87. The lowest BCUT2D eigenvalue weighted by atomic mass is 10.1. The zero-order valence-corrected chi connectivity index (χ0v) is 13.0. The van der Waals surface area contributed by atoms with Gasteiger partial charge in [-0.25, -0.2) is 0 Å². The third-order valence-electron chi connectivity index (χ3n) is 3.03. The summed E-state index contributed by atoms with van der Waals surface area (Å²) in [6.45, 7) is 0. The minimum Gasteiger partial charge on any atom is -0.543 e. The first-order chi connectivity index (χ1) is 11.0. The Balaban J connectivity index is 2.33. The number of carboxylic acid groups (broad SMARTS) is 1. The third-order valence-corrected chi connectivity index (χ3v) is 3.35. The monoisotopic (exact) mass is 330 g/mol. The van der Waals surface area contributed by atoms with Crippen LogP contribution in [0.1, 0.15) is 15.9 Å². The largest absolute Gasteiger partial charge is 0.543 e. The highest BCUT2D eigenvalue weighted by atomic mass is 35.5. The molecule has 0 heterocycles. The van der Waals surface area contributed by atoms with E-state index >= 15 is 0 Å². The second-order valence-corrected chi connectivity index (χ2v) is 4.93. The number of carboxylic acids is 1. The Bertz CT molecular complexity index is 771. The molecule has 118 valence electrons. The number of benzene rings is 2. The van der Waals surface area contributed by atoms with Crippen molar-refractivity contribution in [3.63, 3.8) is 0 Å². The lowest BCUT2D eigenvalue weighted by molar-refractivity contribution is -0.299. The van der Waals surface area contributed by atoms with Gasteiger partial charge >= 0.3 is 0 Å². The van der Waals surface area contributed by atoms with Crippen LogP contribution in [0, 0.1) is 0 Å². The van der Waals surface area contributed by atoms with Crippen LogP contribution in [0.25, 0.3) is 6.08 Å². The molecule has 5 nitrogen and oxygen atoms in total. The van der Waals surface area contributed by atoms with E-state index in [-0.39, 0.29) is 16.3 Å². The SMILES string of the molecule is COc1ccccc1/C=C(\NC(=O)c1ccccc1Cl)C(=O)[O-]. The van der Waals surface area contributed by atoms with Gasteiger partial charge < -0.3 is 20.0 Å². The number of carbonyl (C=O) groups is 2. The summed E-state index contributed by atoms with van der Waals surface area (Å²) in [4.78, 5) is 23.5. The molecule has 2 aromatic carbocycles. The number of para-hydroxylation sites is 1. The molecule has 0 bridgehead atoms. The van der Waals surface area contributed by atoms with E-state index in [0.29, 0.717) is 11.3 Å². The van der Waals surface area contributed by atoms with Crippen molar-refractivity contribution in [1.82, 2.24) is 5.32 Å². The van der Waals surface area contributed by atoms with E-state index in [2.05, 4.69) is 5.32 Å². The molecule has 0 aliphatic heterocycles. The molecule has 2 aromatic rings. The van der Waals surface area contributed by atoms with Crippen LogP contribution in [0.5, 0.6) is 5.75 Å². The van der Waals surface area contributed by atoms with Crippen molar-refractivity contribution in [1.29, 1.82) is 0 Å². The molecule has 2 rings (SSSR count). The Labute approximate surface area is 138 Å². The number of nitrogens with one attached hydrogen (secondary N) is 1. The molecule has 0 aliphatic carbocycles. The zero-order chi connectivity index (χ0) is 16.8. The average molecular weight is 331 g/mol. The predicted molar refractivity (Wildman–Crippen MR) is 84.9 cm³/mol. The van der Waals surface area contributed by atoms with Gasteiger partial charge in [0.25, 0.3) is 5.91 Å². The summed E-state index contributed by atoms with van der Waals surface area (Å²) in [5.41, 5.74) is 0.273. The fourth-order valence-corrected chi connectivity index (χ4v) is 2.14. The van der Waals surface area contributed by atoms with Crippen molar-refractivity contribution in [3.8, 4) is 5.75 Å². The van der Waals surface area contributed by atoms with E-state index in [1.165, 1.54) is 19.3 Å². The first-order valence-electron chi connectivity index (χ1n) is 6.65. The van der Waals surface area contributed by atoms with Crippen molar-refractivity contribution in [2.24, 2.45) is 0 Å². The maximum absolute atomic E-state index is 12.2. The molecule has 1 amide bonds. The number of aliphatic carboxylic acids is 1. The molecule has 0 spiro atoms. The highest BCUT2D eigenvalue weighted by molar-refractivity contribution is 6.34. The van der Waals surface area contributed by atoms with Gasteiger partial charge in [-0.1, -0.05) is 41.9 Å². The highest BCUT2D eigenvalue weighted by Gasteiger charge is 2.12. The highest BCUT2D eigenvalue weighted by Crippen LogP contribution is 2.20. The molecular formula is C17H13ClNO4-. The van der Waals surface area contributed by atoms with Crippen LogP contribution in [-0.2, 0) is 4.79 Å². The fourth-order valence-electron chi connectivity index (χ4n) is 1.92. The molecule has 0 radical (unpaired) electrons. The minimum absolute atomic E-state index is 0.168. The first kappa shape index (κ1) is 16.6. The summed E-state index contributed by atoms with van der Waals surface area (Å²) in [5, 5.41) is 13.8. The van der Waals surface area contributed by atoms with Crippen LogP contribution < -0.4 is 15.2 Å². The van der Waals surface area contributed by atoms with Gasteiger partial charge in [0.2, 0.25) is 0 Å². The minimum atomic E-state index is -1.52. The van der Waals surface area contributed by atoms with Crippen molar-refractivity contribution < 1.29 is 19.4 Å². The molecular weight excluding hydrogens is 318 g/mol. The van der Waals surface area contributed by atoms with Crippen LogP contribution in [0.15, 0.2) is 54.2 Å². The maximum atomic E-state index is 12.2. The van der Waals surface area contributed by atoms with Crippen LogP contribution in [-0.4, -0.2) is 19.0 Å². The quantitative estimate of drug-likeness (QED) is 0.849. The lowest BCUT2D eigenvalue weighted by Crippen LogP contribution is -2.35. The normalized spacial score (nSPS) is 11.0. The van der Waals surface area contributed by atoms with Gasteiger partial charge in [0.05, 0.1) is 29.4 Å². The van der Waals surface area contributed by atoms with Crippen molar-refractivity contribution in [2.75, 3.05) is 7.11 Å². The van der Waals surface area contributed by atoms with Gasteiger partial charge in [0.1, 0.15) is 5.75 Å². The summed E-state index contributed by atoms with van der Waals surface area (Å²) in [5.74, 6) is -1.68. The van der Waals surface area contributed by atoms with Crippen LogP contribution in [0.2, 0.25) is 5.02 Å². The van der Waals surface area contributed by atoms with Gasteiger partial charge in [-0.05, 0) is 24.3 Å². The zero-order valence-electron chi connectivity index (χ0n) is 12.2. The molecule has 1 N–H and O–H groups in total. The van der Waals surface area contributed by atoms with Gasteiger partial charge in [0.15, 0.2) is 0 Å². The number of amides is 1. The molecule has 0 saturated heterocycles. The second kappa shape index (κ2) is 7.47. The van der Waals surface area contributed by atoms with Gasteiger partial charge in [-0.15, -0.1) is 0 Å². The van der Waals surface area contributed by atoms with Crippen LogP contribution in [0.4, 0.5) is 0 Å². The molecule has 0 unspecified atom stereocenters. The Morgan fingerprint density at radius 2 is 1.78 bits per heavy atom. The Kier molecular flexibility index (Phi) is 5.38. The van der Waals surface area contributed by atoms with Crippen molar-refractivity contribution >= 4 is 29.6 Å². The molecule has 0 atom stereocenters. The number of hydrogen-bond acceptors (Lipinski definition) is 4. The van der Waals surface area contributed by atoms with Gasteiger partial charge in [-0.2, -0.15) is 0 Å². The van der Waals surface area contributed by atoms with E-state index in [1.807, 2.05) is 0 Å². The Morgan fingerprint density at radius 3 is 2.43 bits per heavy atom. The Morgan fingerprint density at radius 1 is 1.13 bits per heavy atom. The number of carbonyl (C=O) groups excluding carboxylic acids is 2. The number of hydrogen-bond donors (Lipinski definition) is 1. The van der Waals surface area contributed by atoms with Crippen molar-refractivity contribution in [3.05, 3.63) is 70.4 Å². The summed E-state index contributed by atoms with van der Waals surface area (Å²) < 4.78 is 5.14. The number of ether oxygens (including phenoxy) is 1. The van der Waals surface area contributed by atoms with E-state index in [1.54, 1.807) is 42.5 Å². The Hall–Kier alpha value is -2.79.